The van der Waals surface area contributed by atoms with E-state index in [1.54, 1.807) is 0 Å². The molecule has 0 radical (unpaired) electrons. The average Bonchev–Trinajstić information content (AvgIpc) is 3.55. The van der Waals surface area contributed by atoms with Gasteiger partial charge in [-0.1, -0.05) is 121 Å². The van der Waals surface area contributed by atoms with Gasteiger partial charge in [0.25, 0.3) is 0 Å². The fourth-order valence-electron chi connectivity index (χ4n) is 5.48. The molecule has 37 heavy (non-hydrogen) atoms. The zero-order valence-electron chi connectivity index (χ0n) is 20.5. The molecule has 0 saturated heterocycles. The van der Waals surface area contributed by atoms with Gasteiger partial charge >= 0.3 is 0 Å². The molecule has 0 fully saturated rings. The molecular formula is C35H25NO. The van der Waals surface area contributed by atoms with Crippen LogP contribution in [0.5, 0.6) is 0 Å². The van der Waals surface area contributed by atoms with Gasteiger partial charge in [-0.2, -0.15) is 0 Å². The highest BCUT2D eigenvalue weighted by Crippen LogP contribution is 2.47. The summed E-state index contributed by atoms with van der Waals surface area (Å²) in [6.45, 7) is 2.16. The van der Waals surface area contributed by atoms with Gasteiger partial charge in [0.05, 0.1) is 11.2 Å². The third-order valence-electron chi connectivity index (χ3n) is 7.21. The Morgan fingerprint density at radius 3 is 1.57 bits per heavy atom. The molecule has 0 aliphatic heterocycles. The van der Waals surface area contributed by atoms with Crippen molar-refractivity contribution in [3.05, 3.63) is 133 Å². The monoisotopic (exact) mass is 475 g/mol. The molecule has 0 spiro atoms. The molecule has 0 saturated carbocycles. The lowest BCUT2D eigenvalue weighted by atomic mass is 9.94. The van der Waals surface area contributed by atoms with Crippen LogP contribution in [-0.2, 0) is 0 Å². The zero-order chi connectivity index (χ0) is 24.8. The number of H-pyrrole nitrogens is 1. The first kappa shape index (κ1) is 21.5. The SMILES string of the molecule is Cc1c2[nH]c(-c3ccccc3)c(-c3ccccc3)c2cc2c(-c3ccccc3)c(-c3ccccc3)oc12. The number of aromatic amines is 1. The predicted octanol–water partition coefficient (Wildman–Crippen LogP) is 9.89. The van der Waals surface area contributed by atoms with Gasteiger partial charge in [-0.05, 0) is 29.7 Å². The highest BCUT2D eigenvalue weighted by atomic mass is 16.3. The van der Waals surface area contributed by atoms with E-state index in [1.807, 2.05) is 6.07 Å². The second-order valence-electron chi connectivity index (χ2n) is 9.45. The van der Waals surface area contributed by atoms with E-state index in [0.717, 1.165) is 50.2 Å². The first-order valence-electron chi connectivity index (χ1n) is 12.6. The van der Waals surface area contributed by atoms with Gasteiger partial charge < -0.3 is 9.40 Å². The summed E-state index contributed by atoms with van der Waals surface area (Å²) in [7, 11) is 0. The molecule has 0 bridgehead atoms. The Kier molecular flexibility index (Phi) is 5.04. The van der Waals surface area contributed by atoms with Crippen molar-refractivity contribution in [1.82, 2.24) is 4.98 Å². The Bertz CT molecular complexity index is 1710. The smallest absolute Gasteiger partial charge is 0.143 e. The molecule has 176 valence electrons. The van der Waals surface area contributed by atoms with E-state index in [0.29, 0.717) is 0 Å². The van der Waals surface area contributed by atoms with Crippen LogP contribution < -0.4 is 0 Å². The molecule has 2 aromatic heterocycles. The van der Waals surface area contributed by atoms with Crippen LogP contribution in [0.1, 0.15) is 5.56 Å². The minimum Gasteiger partial charge on any atom is -0.455 e. The minimum absolute atomic E-state index is 0.905. The van der Waals surface area contributed by atoms with Gasteiger partial charge in [-0.3, -0.25) is 0 Å². The first-order valence-corrected chi connectivity index (χ1v) is 12.6. The summed E-state index contributed by atoms with van der Waals surface area (Å²) in [6.07, 6.45) is 0. The summed E-state index contributed by atoms with van der Waals surface area (Å²) < 4.78 is 6.72. The fourth-order valence-corrected chi connectivity index (χ4v) is 5.48. The topological polar surface area (TPSA) is 28.9 Å². The van der Waals surface area contributed by atoms with Crippen molar-refractivity contribution in [1.29, 1.82) is 0 Å². The number of aromatic nitrogens is 1. The van der Waals surface area contributed by atoms with Gasteiger partial charge in [0.1, 0.15) is 11.3 Å². The molecule has 0 amide bonds. The molecule has 2 heteroatoms. The number of fused-ring (bicyclic) bond motifs is 2. The molecule has 2 nitrogen and oxygen atoms in total. The second-order valence-corrected chi connectivity index (χ2v) is 9.45. The van der Waals surface area contributed by atoms with Crippen molar-refractivity contribution in [3.63, 3.8) is 0 Å². The lowest BCUT2D eigenvalue weighted by Gasteiger charge is -2.07. The Labute approximate surface area is 215 Å². The lowest BCUT2D eigenvalue weighted by Crippen LogP contribution is -1.83. The number of aryl methyl sites for hydroxylation is 1. The second kappa shape index (κ2) is 8.69. The third-order valence-corrected chi connectivity index (χ3v) is 7.21. The maximum Gasteiger partial charge on any atom is 0.143 e. The molecule has 0 unspecified atom stereocenters. The van der Waals surface area contributed by atoms with Crippen molar-refractivity contribution in [2.45, 2.75) is 6.92 Å². The minimum atomic E-state index is 0.905. The highest BCUT2D eigenvalue weighted by Gasteiger charge is 2.24. The molecule has 0 aliphatic rings. The van der Waals surface area contributed by atoms with Crippen LogP contribution in [0.2, 0.25) is 0 Å². The number of nitrogens with one attached hydrogen (secondary N) is 1. The van der Waals surface area contributed by atoms with Crippen molar-refractivity contribution in [3.8, 4) is 44.8 Å². The number of rotatable bonds is 4. The van der Waals surface area contributed by atoms with Gasteiger partial charge in [0, 0.05) is 33.0 Å². The van der Waals surface area contributed by atoms with E-state index in [2.05, 4.69) is 133 Å². The molecule has 5 aromatic carbocycles. The molecular weight excluding hydrogens is 450 g/mol. The van der Waals surface area contributed by atoms with Crippen molar-refractivity contribution < 1.29 is 4.42 Å². The quantitative estimate of drug-likeness (QED) is 0.270. The van der Waals surface area contributed by atoms with Crippen LogP contribution in [0, 0.1) is 6.92 Å². The van der Waals surface area contributed by atoms with E-state index < -0.39 is 0 Å². The van der Waals surface area contributed by atoms with E-state index in [-0.39, 0.29) is 0 Å². The molecule has 0 atom stereocenters. The van der Waals surface area contributed by atoms with Crippen LogP contribution in [0.3, 0.4) is 0 Å². The van der Waals surface area contributed by atoms with Gasteiger partial charge in [0.2, 0.25) is 0 Å². The van der Waals surface area contributed by atoms with Gasteiger partial charge in [-0.15, -0.1) is 0 Å². The van der Waals surface area contributed by atoms with Crippen LogP contribution in [0.25, 0.3) is 66.7 Å². The van der Waals surface area contributed by atoms with Crippen LogP contribution in [0.4, 0.5) is 0 Å². The number of benzene rings is 5. The van der Waals surface area contributed by atoms with E-state index in [9.17, 15) is 0 Å². The lowest BCUT2D eigenvalue weighted by molar-refractivity contribution is 0.630. The summed E-state index contributed by atoms with van der Waals surface area (Å²) in [5.41, 5.74) is 11.2. The van der Waals surface area contributed by atoms with Crippen LogP contribution in [-0.4, -0.2) is 4.98 Å². The molecule has 1 N–H and O–H groups in total. The molecule has 7 aromatic rings. The Morgan fingerprint density at radius 2 is 1.00 bits per heavy atom. The predicted molar refractivity (Wildman–Crippen MR) is 155 cm³/mol. The molecule has 2 heterocycles. The largest absolute Gasteiger partial charge is 0.455 e. The first-order chi connectivity index (χ1) is 18.3. The van der Waals surface area contributed by atoms with E-state index >= 15 is 0 Å². The fraction of sp³-hybridized carbons (Fsp3) is 0.0286. The Morgan fingerprint density at radius 1 is 0.514 bits per heavy atom. The summed E-state index contributed by atoms with van der Waals surface area (Å²) in [4.78, 5) is 3.79. The van der Waals surface area contributed by atoms with E-state index in [1.165, 1.54) is 22.1 Å². The number of hydrogen-bond acceptors (Lipinski definition) is 1. The zero-order valence-corrected chi connectivity index (χ0v) is 20.5. The Hall–Kier alpha value is -4.82. The summed E-state index contributed by atoms with van der Waals surface area (Å²) in [6, 6.07) is 44.5. The number of hydrogen-bond donors (Lipinski definition) is 1. The molecule has 7 rings (SSSR count). The maximum atomic E-state index is 6.72. The van der Waals surface area contributed by atoms with Gasteiger partial charge in [-0.25, -0.2) is 0 Å². The summed E-state index contributed by atoms with van der Waals surface area (Å²) >= 11 is 0. The number of furan rings is 1. The third kappa shape index (κ3) is 3.49. The summed E-state index contributed by atoms with van der Waals surface area (Å²) in [5, 5.41) is 2.33. The van der Waals surface area contributed by atoms with Crippen LogP contribution >= 0.6 is 0 Å². The normalized spacial score (nSPS) is 11.4. The van der Waals surface area contributed by atoms with E-state index in [4.69, 9.17) is 4.42 Å². The van der Waals surface area contributed by atoms with Gasteiger partial charge in [0.15, 0.2) is 0 Å². The average molecular weight is 476 g/mol. The highest BCUT2D eigenvalue weighted by molar-refractivity contribution is 6.14. The standard InChI is InChI=1S/C35H25NO/c1-23-32-28(30(24-14-6-2-7-15-24)33(36-32)26-18-10-4-11-19-26)22-29-31(25-16-8-3-9-17-25)35(37-34(23)29)27-20-12-5-13-21-27/h2-22,36H,1H3. The van der Waals surface area contributed by atoms with Crippen molar-refractivity contribution in [2.24, 2.45) is 0 Å². The van der Waals surface area contributed by atoms with Crippen LogP contribution in [0.15, 0.2) is 132 Å². The molecule has 0 aliphatic carbocycles. The van der Waals surface area contributed by atoms with Crippen molar-refractivity contribution >= 4 is 21.9 Å². The maximum absolute atomic E-state index is 6.72. The summed E-state index contributed by atoms with van der Waals surface area (Å²) in [5.74, 6) is 0.905. The van der Waals surface area contributed by atoms with Crippen molar-refractivity contribution in [2.75, 3.05) is 0 Å². The Balaban J connectivity index is 1.62.